The van der Waals surface area contributed by atoms with Gasteiger partial charge in [0, 0.05) is 0 Å². The monoisotopic (exact) mass is 316 g/mol. The Hall–Kier alpha value is -1.33. The van der Waals surface area contributed by atoms with Crippen LogP contribution in [0.1, 0.15) is 17.2 Å². The van der Waals surface area contributed by atoms with Crippen molar-refractivity contribution in [2.24, 2.45) is 0 Å². The molecule has 2 rings (SSSR count). The molecule has 0 fully saturated rings. The predicted molar refractivity (Wildman–Crippen MR) is 64.5 cm³/mol. The first-order chi connectivity index (χ1) is 8.49. The van der Waals surface area contributed by atoms with Crippen LogP contribution in [-0.4, -0.2) is 5.11 Å². The molecule has 2 aromatic rings. The van der Waals surface area contributed by atoms with E-state index in [4.69, 9.17) is 0 Å². The van der Waals surface area contributed by atoms with Crippen molar-refractivity contribution < 1.29 is 18.3 Å². The van der Waals surface area contributed by atoms with Gasteiger partial charge in [0.1, 0.15) is 11.9 Å². The molecule has 0 spiro atoms. The van der Waals surface area contributed by atoms with E-state index < -0.39 is 23.6 Å². The average molecular weight is 317 g/mol. The van der Waals surface area contributed by atoms with E-state index in [9.17, 15) is 18.3 Å². The van der Waals surface area contributed by atoms with Crippen LogP contribution in [-0.2, 0) is 0 Å². The fourth-order valence-corrected chi connectivity index (χ4v) is 1.95. The highest BCUT2D eigenvalue weighted by atomic mass is 79.9. The first-order valence-corrected chi connectivity index (χ1v) is 5.86. The van der Waals surface area contributed by atoms with Gasteiger partial charge >= 0.3 is 0 Å². The second-order valence-electron chi connectivity index (χ2n) is 3.75. The molecule has 94 valence electrons. The van der Waals surface area contributed by atoms with E-state index >= 15 is 0 Å². The molecule has 2 aromatic carbocycles. The number of hydrogen-bond acceptors (Lipinski definition) is 1. The molecule has 1 nitrogen and oxygen atoms in total. The summed E-state index contributed by atoms with van der Waals surface area (Å²) in [5, 5.41) is 9.99. The van der Waals surface area contributed by atoms with Crippen LogP contribution in [0, 0.1) is 17.5 Å². The van der Waals surface area contributed by atoms with Gasteiger partial charge in [0.25, 0.3) is 0 Å². The lowest BCUT2D eigenvalue weighted by Crippen LogP contribution is -2.01. The number of rotatable bonds is 2. The van der Waals surface area contributed by atoms with E-state index in [1.54, 1.807) is 0 Å². The van der Waals surface area contributed by atoms with Crippen LogP contribution in [0.25, 0.3) is 0 Å². The number of aliphatic hydroxyl groups is 1. The maximum Gasteiger partial charge on any atom is 0.159 e. The highest BCUT2D eigenvalue weighted by molar-refractivity contribution is 9.10. The summed E-state index contributed by atoms with van der Waals surface area (Å²) in [7, 11) is 0. The lowest BCUT2D eigenvalue weighted by atomic mass is 10.0. The highest BCUT2D eigenvalue weighted by Gasteiger charge is 2.14. The number of halogens is 4. The zero-order chi connectivity index (χ0) is 13.3. The molecule has 0 heterocycles. The summed E-state index contributed by atoms with van der Waals surface area (Å²) >= 11 is 2.99. The van der Waals surface area contributed by atoms with Crippen LogP contribution in [0.3, 0.4) is 0 Å². The average Bonchev–Trinajstić information content (AvgIpc) is 2.35. The van der Waals surface area contributed by atoms with Crippen LogP contribution in [0.4, 0.5) is 13.2 Å². The minimum Gasteiger partial charge on any atom is -0.384 e. The Bertz CT molecular complexity index is 535. The zero-order valence-electron chi connectivity index (χ0n) is 9.00. The van der Waals surface area contributed by atoms with Gasteiger partial charge in [-0.05, 0) is 51.3 Å². The van der Waals surface area contributed by atoms with E-state index in [0.717, 1.165) is 12.1 Å². The third kappa shape index (κ3) is 2.57. The topological polar surface area (TPSA) is 20.2 Å². The molecule has 1 N–H and O–H groups in total. The molecule has 0 aliphatic rings. The minimum absolute atomic E-state index is 0.196. The number of benzene rings is 2. The molecule has 0 aliphatic heterocycles. The first-order valence-electron chi connectivity index (χ1n) is 5.07. The van der Waals surface area contributed by atoms with Crippen molar-refractivity contribution in [3.63, 3.8) is 0 Å². The van der Waals surface area contributed by atoms with Gasteiger partial charge in [0.2, 0.25) is 0 Å². The normalized spacial score (nSPS) is 12.5. The second-order valence-corrected chi connectivity index (χ2v) is 4.60. The fourth-order valence-electron chi connectivity index (χ4n) is 1.56. The molecule has 1 atom stereocenters. The Labute approximate surface area is 110 Å². The number of aliphatic hydroxyl groups excluding tert-OH is 1. The summed E-state index contributed by atoms with van der Waals surface area (Å²) in [5.74, 6) is -2.48. The third-order valence-corrected chi connectivity index (χ3v) is 3.13. The van der Waals surface area contributed by atoms with Crippen molar-refractivity contribution in [3.05, 3.63) is 69.4 Å². The van der Waals surface area contributed by atoms with Crippen LogP contribution in [0.15, 0.2) is 40.9 Å². The van der Waals surface area contributed by atoms with Crippen LogP contribution in [0.2, 0.25) is 0 Å². The standard InChI is InChI=1S/C13H8BrF3O/c14-9-5-7(1-3-10(9)15)13(18)8-2-4-11(16)12(17)6-8/h1-6,13,18H. The molecule has 0 saturated heterocycles. The summed E-state index contributed by atoms with van der Waals surface area (Å²) < 4.78 is 39.1. The molecule has 0 radical (unpaired) electrons. The van der Waals surface area contributed by atoms with Gasteiger partial charge in [-0.25, -0.2) is 13.2 Å². The molecule has 0 saturated carbocycles. The lowest BCUT2D eigenvalue weighted by Gasteiger charge is -2.12. The minimum atomic E-state index is -1.14. The van der Waals surface area contributed by atoms with Crippen LogP contribution >= 0.6 is 15.9 Å². The summed E-state index contributed by atoms with van der Waals surface area (Å²) in [5.41, 5.74) is 0.585. The Balaban J connectivity index is 2.37. The smallest absolute Gasteiger partial charge is 0.159 e. The molecule has 0 amide bonds. The zero-order valence-corrected chi connectivity index (χ0v) is 10.6. The van der Waals surface area contributed by atoms with Gasteiger partial charge in [-0.2, -0.15) is 0 Å². The van der Waals surface area contributed by atoms with Gasteiger partial charge in [-0.3, -0.25) is 0 Å². The molecule has 0 bridgehead atoms. The number of hydrogen-bond donors (Lipinski definition) is 1. The van der Waals surface area contributed by atoms with Crippen molar-refractivity contribution in [3.8, 4) is 0 Å². The molecule has 18 heavy (non-hydrogen) atoms. The van der Waals surface area contributed by atoms with Crippen molar-refractivity contribution in [1.29, 1.82) is 0 Å². The van der Waals surface area contributed by atoms with Gasteiger partial charge < -0.3 is 5.11 Å². The Morgan fingerprint density at radius 3 is 1.94 bits per heavy atom. The van der Waals surface area contributed by atoms with Gasteiger partial charge in [0.05, 0.1) is 4.47 Å². The van der Waals surface area contributed by atoms with Crippen LogP contribution < -0.4 is 0 Å². The van der Waals surface area contributed by atoms with Gasteiger partial charge in [-0.15, -0.1) is 0 Å². The van der Waals surface area contributed by atoms with E-state index in [0.29, 0.717) is 5.56 Å². The summed E-state index contributed by atoms with van der Waals surface area (Å²) in [4.78, 5) is 0. The largest absolute Gasteiger partial charge is 0.384 e. The van der Waals surface area contributed by atoms with E-state index in [-0.39, 0.29) is 10.0 Å². The Morgan fingerprint density at radius 1 is 0.833 bits per heavy atom. The van der Waals surface area contributed by atoms with Crippen molar-refractivity contribution in [2.75, 3.05) is 0 Å². The quantitative estimate of drug-likeness (QED) is 0.889. The molecule has 5 heteroatoms. The Kier molecular flexibility index (Phi) is 3.73. The van der Waals surface area contributed by atoms with E-state index in [1.807, 2.05) is 0 Å². The van der Waals surface area contributed by atoms with Gasteiger partial charge in [0.15, 0.2) is 11.6 Å². The lowest BCUT2D eigenvalue weighted by molar-refractivity contribution is 0.219. The van der Waals surface area contributed by atoms with Crippen molar-refractivity contribution in [2.45, 2.75) is 6.10 Å². The highest BCUT2D eigenvalue weighted by Crippen LogP contribution is 2.26. The van der Waals surface area contributed by atoms with Crippen LogP contribution in [0.5, 0.6) is 0 Å². The van der Waals surface area contributed by atoms with E-state index in [2.05, 4.69) is 15.9 Å². The van der Waals surface area contributed by atoms with Crippen molar-refractivity contribution in [1.82, 2.24) is 0 Å². The predicted octanol–water partition coefficient (Wildman–Crippen LogP) is 3.95. The van der Waals surface area contributed by atoms with E-state index in [1.165, 1.54) is 24.3 Å². The Morgan fingerprint density at radius 2 is 1.39 bits per heavy atom. The van der Waals surface area contributed by atoms with Crippen molar-refractivity contribution >= 4 is 15.9 Å². The SMILES string of the molecule is OC(c1ccc(F)c(F)c1)c1ccc(F)c(Br)c1. The molecular weight excluding hydrogens is 309 g/mol. The summed E-state index contributed by atoms with van der Waals surface area (Å²) in [6.07, 6.45) is -1.14. The maximum absolute atomic E-state index is 13.0. The molecule has 0 aliphatic carbocycles. The van der Waals surface area contributed by atoms with Gasteiger partial charge in [-0.1, -0.05) is 12.1 Å². The fraction of sp³-hybridized carbons (Fsp3) is 0.0769. The molecule has 0 aromatic heterocycles. The first kappa shape index (κ1) is 13.1. The third-order valence-electron chi connectivity index (χ3n) is 2.52. The summed E-state index contributed by atoms with van der Waals surface area (Å²) in [6, 6.07) is 7.08. The maximum atomic E-state index is 13.0. The second kappa shape index (κ2) is 5.12. The summed E-state index contributed by atoms with van der Waals surface area (Å²) in [6.45, 7) is 0. The molecule has 1 unspecified atom stereocenters. The molecular formula is C13H8BrF3O.